The minimum Gasteiger partial charge on any atom is -0.363 e. The number of carbonyl (C=O) groups excluding carboxylic acids is 1. The second kappa shape index (κ2) is 8.26. The van der Waals surface area contributed by atoms with E-state index in [1.165, 1.54) is 24.3 Å². The van der Waals surface area contributed by atoms with Crippen LogP contribution >= 0.6 is 0 Å². The number of benzene rings is 1. The van der Waals surface area contributed by atoms with Gasteiger partial charge < -0.3 is 10.2 Å². The molecule has 2 aliphatic heterocycles. The van der Waals surface area contributed by atoms with Gasteiger partial charge in [0.15, 0.2) is 17.5 Å². The number of fused-ring (bicyclic) bond motifs is 3. The van der Waals surface area contributed by atoms with Gasteiger partial charge in [-0.25, -0.2) is 23.7 Å². The number of halogens is 2. The Bertz CT molecular complexity index is 1160. The molecule has 2 saturated heterocycles. The third-order valence-corrected chi connectivity index (χ3v) is 6.36. The summed E-state index contributed by atoms with van der Waals surface area (Å²) in [5, 5.41) is 3.23. The number of aromatic nitrogens is 3. The molecule has 4 heterocycles. The quantitative estimate of drug-likeness (QED) is 0.664. The van der Waals surface area contributed by atoms with Gasteiger partial charge in [-0.15, -0.1) is 0 Å². The predicted octanol–water partition coefficient (Wildman–Crippen LogP) is 4.23. The standard InChI is InChI=1S/C24H23F2N5O/c1-14-9-19(26)23(29-12-14)30-20-10-15-3-6-21(20)31(13-15)24(32)17-5-4-16(25)11-18(17)22-27-7-2-8-28-22/h2,4-5,7-9,11-12,15,20-21H,3,6,10,13H2,1H3,(H,29,30). The number of rotatable bonds is 4. The average Bonchev–Trinajstić information content (AvgIpc) is 2.81. The molecule has 8 heteroatoms. The molecule has 2 aromatic heterocycles. The molecule has 1 saturated carbocycles. The van der Waals surface area contributed by atoms with Crippen molar-refractivity contribution in [2.24, 2.45) is 5.92 Å². The third-order valence-electron chi connectivity index (χ3n) is 6.36. The Labute approximate surface area is 184 Å². The number of anilines is 1. The molecule has 3 aliphatic rings. The van der Waals surface area contributed by atoms with Gasteiger partial charge in [-0.2, -0.15) is 0 Å². The molecule has 1 amide bonds. The number of nitrogens with one attached hydrogen (secondary N) is 1. The first-order valence-corrected chi connectivity index (χ1v) is 10.8. The van der Waals surface area contributed by atoms with Crippen LogP contribution in [0.2, 0.25) is 0 Å². The Morgan fingerprint density at radius 2 is 1.94 bits per heavy atom. The number of nitrogens with zero attached hydrogens (tertiary/aromatic N) is 4. The van der Waals surface area contributed by atoms with Gasteiger partial charge in [0.1, 0.15) is 5.82 Å². The van der Waals surface area contributed by atoms with E-state index in [9.17, 15) is 13.6 Å². The van der Waals surface area contributed by atoms with Crippen molar-refractivity contribution in [3.8, 4) is 11.4 Å². The highest BCUT2D eigenvalue weighted by atomic mass is 19.1. The molecule has 2 bridgehead atoms. The summed E-state index contributed by atoms with van der Waals surface area (Å²) in [6.45, 7) is 2.41. The van der Waals surface area contributed by atoms with Crippen molar-refractivity contribution in [3.63, 3.8) is 0 Å². The van der Waals surface area contributed by atoms with Gasteiger partial charge in [0, 0.05) is 36.7 Å². The molecular weight excluding hydrogens is 412 g/mol. The van der Waals surface area contributed by atoms with Crippen LogP contribution in [0.3, 0.4) is 0 Å². The monoisotopic (exact) mass is 435 g/mol. The lowest BCUT2D eigenvalue weighted by atomic mass is 9.76. The van der Waals surface area contributed by atoms with Crippen molar-refractivity contribution in [2.45, 2.75) is 38.3 Å². The number of piperidine rings is 2. The number of amides is 1. The predicted molar refractivity (Wildman–Crippen MR) is 116 cm³/mol. The van der Waals surface area contributed by atoms with E-state index in [2.05, 4.69) is 20.3 Å². The van der Waals surface area contributed by atoms with E-state index in [-0.39, 0.29) is 23.8 Å². The zero-order chi connectivity index (χ0) is 22.2. The second-order valence-corrected chi connectivity index (χ2v) is 8.56. The van der Waals surface area contributed by atoms with Crippen molar-refractivity contribution in [2.75, 3.05) is 11.9 Å². The van der Waals surface area contributed by atoms with Gasteiger partial charge in [0.05, 0.1) is 11.6 Å². The van der Waals surface area contributed by atoms with Crippen LogP contribution in [0.15, 0.2) is 48.9 Å². The zero-order valence-corrected chi connectivity index (χ0v) is 17.6. The lowest BCUT2D eigenvalue weighted by Crippen LogP contribution is -2.59. The van der Waals surface area contributed by atoms with E-state index >= 15 is 0 Å². The molecule has 1 N–H and O–H groups in total. The summed E-state index contributed by atoms with van der Waals surface area (Å²) in [6.07, 6.45) is 7.44. The fourth-order valence-corrected chi connectivity index (χ4v) is 4.88. The van der Waals surface area contributed by atoms with Crippen molar-refractivity contribution < 1.29 is 13.6 Å². The topological polar surface area (TPSA) is 71.0 Å². The number of hydrogen-bond acceptors (Lipinski definition) is 5. The van der Waals surface area contributed by atoms with Crippen molar-refractivity contribution in [1.29, 1.82) is 0 Å². The van der Waals surface area contributed by atoms with Crippen LogP contribution in [0.1, 0.15) is 35.2 Å². The van der Waals surface area contributed by atoms with Crippen LogP contribution in [-0.2, 0) is 0 Å². The second-order valence-electron chi connectivity index (χ2n) is 8.56. The van der Waals surface area contributed by atoms with Gasteiger partial charge in [0.25, 0.3) is 5.91 Å². The summed E-state index contributed by atoms with van der Waals surface area (Å²) in [7, 11) is 0. The highest BCUT2D eigenvalue weighted by molar-refractivity contribution is 6.00. The van der Waals surface area contributed by atoms with Crippen LogP contribution in [0, 0.1) is 24.5 Å². The molecule has 3 unspecified atom stereocenters. The summed E-state index contributed by atoms with van der Waals surface area (Å²) in [5.41, 5.74) is 1.48. The van der Waals surface area contributed by atoms with Crippen LogP contribution in [0.5, 0.6) is 0 Å². The van der Waals surface area contributed by atoms with Gasteiger partial charge >= 0.3 is 0 Å². The normalized spacial score (nSPS) is 22.1. The fraction of sp³-hybridized carbons (Fsp3) is 0.333. The molecule has 0 spiro atoms. The summed E-state index contributed by atoms with van der Waals surface area (Å²) >= 11 is 0. The highest BCUT2D eigenvalue weighted by Gasteiger charge is 2.43. The molecule has 3 atom stereocenters. The highest BCUT2D eigenvalue weighted by Crippen LogP contribution is 2.38. The zero-order valence-electron chi connectivity index (χ0n) is 17.6. The summed E-state index contributed by atoms with van der Waals surface area (Å²) < 4.78 is 28.4. The average molecular weight is 435 g/mol. The molecule has 3 fully saturated rings. The first-order valence-electron chi connectivity index (χ1n) is 10.8. The summed E-state index contributed by atoms with van der Waals surface area (Å²) in [5.74, 6) is -0.215. The van der Waals surface area contributed by atoms with Crippen LogP contribution in [-0.4, -0.2) is 44.4 Å². The maximum atomic E-state index is 14.4. The minimum absolute atomic E-state index is 0.104. The molecule has 1 aromatic carbocycles. The minimum atomic E-state index is -0.454. The molecule has 32 heavy (non-hydrogen) atoms. The first-order chi connectivity index (χ1) is 15.5. The first kappa shape index (κ1) is 20.5. The van der Waals surface area contributed by atoms with E-state index in [1.807, 2.05) is 4.90 Å². The SMILES string of the molecule is Cc1cnc(NC2CC3CCC2N(C(=O)c2ccc(F)cc2-c2ncccn2)C3)c(F)c1. The third kappa shape index (κ3) is 3.81. The molecule has 164 valence electrons. The Morgan fingerprint density at radius 1 is 1.12 bits per heavy atom. The van der Waals surface area contributed by atoms with E-state index in [4.69, 9.17) is 0 Å². The van der Waals surface area contributed by atoms with E-state index in [0.29, 0.717) is 29.4 Å². The van der Waals surface area contributed by atoms with E-state index in [0.717, 1.165) is 24.8 Å². The van der Waals surface area contributed by atoms with E-state index < -0.39 is 11.6 Å². The van der Waals surface area contributed by atoms with Crippen LogP contribution in [0.4, 0.5) is 14.6 Å². The molecule has 6 rings (SSSR count). The van der Waals surface area contributed by atoms with Crippen molar-refractivity contribution >= 4 is 11.7 Å². The lowest BCUT2D eigenvalue weighted by Gasteiger charge is -2.50. The number of pyridine rings is 1. The Morgan fingerprint density at radius 3 is 2.69 bits per heavy atom. The smallest absolute Gasteiger partial charge is 0.254 e. The molecular formula is C24H23F2N5O. The molecule has 0 radical (unpaired) electrons. The van der Waals surface area contributed by atoms with E-state index in [1.54, 1.807) is 31.6 Å². The molecule has 1 aliphatic carbocycles. The summed E-state index contributed by atoms with van der Waals surface area (Å²) in [6, 6.07) is 6.98. The molecule has 6 nitrogen and oxygen atoms in total. The van der Waals surface area contributed by atoms with Crippen molar-refractivity contribution in [1.82, 2.24) is 19.9 Å². The maximum Gasteiger partial charge on any atom is 0.254 e. The fourth-order valence-electron chi connectivity index (χ4n) is 4.88. The lowest BCUT2D eigenvalue weighted by molar-refractivity contribution is 0.0282. The number of carbonyl (C=O) groups is 1. The number of aryl methyl sites for hydroxylation is 1. The van der Waals surface area contributed by atoms with Gasteiger partial charge in [-0.1, -0.05) is 0 Å². The largest absolute Gasteiger partial charge is 0.363 e. The summed E-state index contributed by atoms with van der Waals surface area (Å²) in [4.78, 5) is 28.1. The Kier molecular flexibility index (Phi) is 5.28. The van der Waals surface area contributed by atoms with Gasteiger partial charge in [-0.3, -0.25) is 4.79 Å². The molecule has 3 aromatic rings. The van der Waals surface area contributed by atoms with Crippen molar-refractivity contribution in [3.05, 3.63) is 71.7 Å². The van der Waals surface area contributed by atoms with Gasteiger partial charge in [0.2, 0.25) is 0 Å². The van der Waals surface area contributed by atoms with Crippen LogP contribution in [0.25, 0.3) is 11.4 Å². The Hall–Kier alpha value is -3.42. The number of hydrogen-bond donors (Lipinski definition) is 1. The maximum absolute atomic E-state index is 14.4. The van der Waals surface area contributed by atoms with Gasteiger partial charge in [-0.05, 0) is 68.0 Å². The Balaban J connectivity index is 1.45. The van der Waals surface area contributed by atoms with Crippen LogP contribution < -0.4 is 5.32 Å².